The predicted molar refractivity (Wildman–Crippen MR) is 186 cm³/mol. The van der Waals surface area contributed by atoms with Crippen LogP contribution in [0.15, 0.2) is 93.2 Å². The quantitative estimate of drug-likeness (QED) is 0.158. The monoisotopic (exact) mass is 740 g/mol. The van der Waals surface area contributed by atoms with E-state index in [1.807, 2.05) is 74.5 Å². The molecular formula is C36H41BrN2O10. The molecule has 2 heterocycles. The first-order chi connectivity index (χ1) is 23.5. The van der Waals surface area contributed by atoms with Crippen LogP contribution in [0.1, 0.15) is 46.0 Å². The van der Waals surface area contributed by atoms with Crippen molar-refractivity contribution in [3.63, 3.8) is 0 Å². The van der Waals surface area contributed by atoms with Crippen molar-refractivity contribution in [2.45, 2.75) is 52.4 Å². The zero-order valence-corrected chi connectivity index (χ0v) is 29.9. The third-order valence-electron chi connectivity index (χ3n) is 7.25. The molecule has 0 fully saturated rings. The van der Waals surface area contributed by atoms with E-state index in [9.17, 15) is 19.2 Å². The fourth-order valence-electron chi connectivity index (χ4n) is 4.51. The van der Waals surface area contributed by atoms with E-state index in [-0.39, 0.29) is 53.7 Å². The molecule has 2 aromatic heterocycles. The lowest BCUT2D eigenvalue weighted by Gasteiger charge is -2.19. The summed E-state index contributed by atoms with van der Waals surface area (Å²) in [6, 6.07) is 20.2. The van der Waals surface area contributed by atoms with Crippen LogP contribution in [0, 0.1) is 0 Å². The minimum Gasteiger partial charge on any atom is -0.482 e. The number of esters is 2. The van der Waals surface area contributed by atoms with Crippen molar-refractivity contribution in [3.05, 3.63) is 127 Å². The molecule has 49 heavy (non-hydrogen) atoms. The van der Waals surface area contributed by atoms with Crippen LogP contribution in [-0.2, 0) is 45.3 Å². The van der Waals surface area contributed by atoms with Crippen LogP contribution < -0.4 is 20.3 Å². The van der Waals surface area contributed by atoms with Gasteiger partial charge >= 0.3 is 11.9 Å². The summed E-state index contributed by atoms with van der Waals surface area (Å²) in [5.74, 6) is -1.33. The molecule has 4 aromatic rings. The smallest absolute Gasteiger partial charge is 0.358 e. The van der Waals surface area contributed by atoms with E-state index >= 15 is 0 Å². The van der Waals surface area contributed by atoms with Gasteiger partial charge in [-0.1, -0.05) is 60.7 Å². The van der Waals surface area contributed by atoms with Crippen LogP contribution in [0.2, 0.25) is 0 Å². The molecule has 0 aliphatic carbocycles. The Kier molecular flexibility index (Phi) is 15.3. The van der Waals surface area contributed by atoms with Crippen molar-refractivity contribution in [2.24, 2.45) is 0 Å². The minimum atomic E-state index is -0.643. The van der Waals surface area contributed by atoms with Crippen LogP contribution in [0.25, 0.3) is 0 Å². The van der Waals surface area contributed by atoms with E-state index in [0.29, 0.717) is 17.6 Å². The van der Waals surface area contributed by atoms with Gasteiger partial charge in [0.05, 0.1) is 30.9 Å². The normalized spacial score (nSPS) is 11.8. The zero-order valence-electron chi connectivity index (χ0n) is 28.3. The van der Waals surface area contributed by atoms with Crippen molar-refractivity contribution >= 4 is 27.9 Å². The zero-order chi connectivity index (χ0) is 35.9. The van der Waals surface area contributed by atoms with Gasteiger partial charge in [0, 0.05) is 45.8 Å². The predicted octanol–water partition coefficient (Wildman–Crippen LogP) is 5.26. The molecule has 0 radical (unpaired) electrons. The van der Waals surface area contributed by atoms with Gasteiger partial charge in [0.25, 0.3) is 0 Å². The van der Waals surface area contributed by atoms with Crippen LogP contribution >= 0.6 is 15.9 Å². The number of rotatable bonds is 14. The van der Waals surface area contributed by atoms with Gasteiger partial charge in [-0.05, 0) is 40.9 Å². The Balaban J connectivity index is 0.000000266. The largest absolute Gasteiger partial charge is 0.482 e. The summed E-state index contributed by atoms with van der Waals surface area (Å²) < 4.78 is 35.0. The highest BCUT2D eigenvalue weighted by Crippen LogP contribution is 2.22. The highest BCUT2D eigenvalue weighted by Gasteiger charge is 2.24. The first-order valence-corrected chi connectivity index (χ1v) is 16.1. The Bertz CT molecular complexity index is 1790. The van der Waals surface area contributed by atoms with Gasteiger partial charge in [-0.2, -0.15) is 0 Å². The molecule has 2 unspecified atom stereocenters. The van der Waals surface area contributed by atoms with E-state index in [1.165, 1.54) is 20.3 Å². The van der Waals surface area contributed by atoms with Gasteiger partial charge in [0.15, 0.2) is 22.9 Å². The maximum Gasteiger partial charge on any atom is 0.358 e. The summed E-state index contributed by atoms with van der Waals surface area (Å²) >= 11 is 3.23. The number of methoxy groups -OCH3 is 4. The molecule has 0 aliphatic heterocycles. The number of hydrogen-bond acceptors (Lipinski definition) is 10. The second kappa shape index (κ2) is 19.3. The van der Waals surface area contributed by atoms with E-state index in [1.54, 1.807) is 35.7 Å². The number of pyridine rings is 2. The molecule has 0 amide bonds. The first-order valence-electron chi connectivity index (χ1n) is 15.3. The molecule has 12 nitrogen and oxygen atoms in total. The average molecular weight is 742 g/mol. The molecule has 13 heteroatoms. The lowest BCUT2D eigenvalue weighted by Crippen LogP contribution is -2.26. The number of carbonyl (C=O) groups excluding carboxylic acids is 2. The van der Waals surface area contributed by atoms with Crippen molar-refractivity contribution in [3.8, 4) is 11.5 Å². The molecule has 0 saturated carbocycles. The Morgan fingerprint density at radius 3 is 1.59 bits per heavy atom. The summed E-state index contributed by atoms with van der Waals surface area (Å²) in [7, 11) is 5.69. The molecular weight excluding hydrogens is 700 g/mol. The number of halogens is 1. The SMILES string of the molecule is COC(=O)c1c(OCc2ccccc2)c(=O)c(Br)cn1CC(C)OC.COC(=O)c1c(OCc2ccccc2)c(=O)ccn1CC(C)OC. The molecule has 0 N–H and O–H groups in total. The van der Waals surface area contributed by atoms with Crippen molar-refractivity contribution < 1.29 is 38.0 Å². The lowest BCUT2D eigenvalue weighted by molar-refractivity contribution is 0.0558. The highest BCUT2D eigenvalue weighted by atomic mass is 79.9. The minimum absolute atomic E-state index is 0.0171. The second-order valence-electron chi connectivity index (χ2n) is 10.8. The van der Waals surface area contributed by atoms with E-state index in [4.69, 9.17) is 28.4 Å². The average Bonchev–Trinajstić information content (AvgIpc) is 3.12. The summed E-state index contributed by atoms with van der Waals surface area (Å²) in [6.07, 6.45) is 2.77. The molecule has 2 atom stereocenters. The Morgan fingerprint density at radius 2 is 1.12 bits per heavy atom. The first kappa shape index (κ1) is 38.7. The van der Waals surface area contributed by atoms with Crippen molar-refractivity contribution in [2.75, 3.05) is 28.4 Å². The van der Waals surface area contributed by atoms with Crippen LogP contribution in [0.3, 0.4) is 0 Å². The van der Waals surface area contributed by atoms with Crippen LogP contribution in [-0.4, -0.2) is 61.7 Å². The number of ether oxygens (including phenoxy) is 6. The van der Waals surface area contributed by atoms with E-state index in [0.717, 1.165) is 11.1 Å². The van der Waals surface area contributed by atoms with Gasteiger partial charge in [0.1, 0.15) is 13.2 Å². The lowest BCUT2D eigenvalue weighted by atomic mass is 10.2. The summed E-state index contributed by atoms with van der Waals surface area (Å²) in [5.41, 5.74) is 1.16. The topological polar surface area (TPSA) is 134 Å². The second-order valence-corrected chi connectivity index (χ2v) is 11.6. The van der Waals surface area contributed by atoms with Crippen LogP contribution in [0.5, 0.6) is 11.5 Å². The van der Waals surface area contributed by atoms with E-state index < -0.39 is 17.4 Å². The maximum atomic E-state index is 12.5. The molecule has 4 rings (SSSR count). The number of benzene rings is 2. The van der Waals surface area contributed by atoms with Crippen LogP contribution in [0.4, 0.5) is 0 Å². The van der Waals surface area contributed by atoms with Crippen molar-refractivity contribution in [1.29, 1.82) is 0 Å². The Morgan fingerprint density at radius 1 is 0.673 bits per heavy atom. The van der Waals surface area contributed by atoms with Gasteiger partial charge in [0.2, 0.25) is 10.9 Å². The summed E-state index contributed by atoms with van der Waals surface area (Å²) in [5, 5.41) is 0. The highest BCUT2D eigenvalue weighted by molar-refractivity contribution is 9.10. The number of carbonyl (C=O) groups is 2. The number of nitrogens with zero attached hydrogens (tertiary/aromatic N) is 2. The molecule has 262 valence electrons. The maximum absolute atomic E-state index is 12.5. The molecule has 0 bridgehead atoms. The Labute approximate surface area is 293 Å². The summed E-state index contributed by atoms with van der Waals surface area (Å²) in [4.78, 5) is 49.2. The van der Waals surface area contributed by atoms with Gasteiger partial charge in [-0.3, -0.25) is 9.59 Å². The Hall–Kier alpha value is -4.72. The molecule has 2 aromatic carbocycles. The van der Waals surface area contributed by atoms with Gasteiger partial charge < -0.3 is 37.6 Å². The summed E-state index contributed by atoms with van der Waals surface area (Å²) in [6.45, 7) is 4.83. The van der Waals surface area contributed by atoms with E-state index in [2.05, 4.69) is 15.9 Å². The molecule has 0 saturated heterocycles. The number of aromatic nitrogens is 2. The molecule has 0 aliphatic rings. The van der Waals surface area contributed by atoms with Gasteiger partial charge in [-0.25, -0.2) is 9.59 Å². The van der Waals surface area contributed by atoms with Crippen molar-refractivity contribution in [1.82, 2.24) is 9.13 Å². The number of hydrogen-bond donors (Lipinski definition) is 0. The standard InChI is InChI=1S/C18H20BrNO5.C18H21NO5/c1-12(23-2)9-20-10-14(19)16(21)17(15(20)18(22)24-3)25-11-13-7-5-4-6-8-13;1-13(22-2)11-19-10-9-15(20)17(16(19)18(21)23-3)24-12-14-7-5-4-6-8-14/h4-8,10,12H,9,11H2,1-3H3;4-10,13H,11-12H2,1-3H3. The fourth-order valence-corrected chi connectivity index (χ4v) is 4.93. The van der Waals surface area contributed by atoms with Gasteiger partial charge in [-0.15, -0.1) is 0 Å². The fraction of sp³-hybridized carbons (Fsp3) is 0.333. The third-order valence-corrected chi connectivity index (χ3v) is 7.81. The molecule has 0 spiro atoms. The third kappa shape index (κ3) is 10.9.